The van der Waals surface area contributed by atoms with Crippen molar-refractivity contribution in [1.82, 2.24) is 9.78 Å². The van der Waals surface area contributed by atoms with Gasteiger partial charge in [-0.3, -0.25) is 4.79 Å². The minimum absolute atomic E-state index is 0.00801. The first-order valence-electron chi connectivity index (χ1n) is 6.68. The van der Waals surface area contributed by atoms with Crippen LogP contribution in [-0.2, 0) is 0 Å². The molecule has 2 N–H and O–H groups in total. The molecule has 0 amide bonds. The zero-order chi connectivity index (χ0) is 15.0. The van der Waals surface area contributed by atoms with Gasteiger partial charge in [0.2, 0.25) is 0 Å². The number of carbonyl (C=O) groups is 1. The topological polar surface area (TPSA) is 60.9 Å². The number of nitrogens with two attached hydrogens (primary N) is 1. The normalized spacial score (nSPS) is 12.4. The molecule has 0 saturated heterocycles. The van der Waals surface area contributed by atoms with Crippen molar-refractivity contribution >= 4 is 5.78 Å². The maximum Gasteiger partial charge on any atom is 0.188 e. The largest absolute Gasteiger partial charge is 0.325 e. The lowest BCUT2D eigenvalue weighted by Gasteiger charge is -2.36. The third kappa shape index (κ3) is 2.39. The number of hydrogen-bond acceptors (Lipinski definition) is 3. The summed E-state index contributed by atoms with van der Waals surface area (Å²) in [4.78, 5) is 12.8. The summed E-state index contributed by atoms with van der Waals surface area (Å²) in [7, 11) is 0. The molecule has 0 unspecified atom stereocenters. The van der Waals surface area contributed by atoms with Gasteiger partial charge in [0.1, 0.15) is 5.69 Å². The minimum Gasteiger partial charge on any atom is -0.325 e. The molecule has 0 aliphatic carbocycles. The SMILES string of the molecule is CC(C)(N)C(C)(C)C(=O)c1ccnn1-c1ccccc1. The molecular formula is C16H21N3O. The quantitative estimate of drug-likeness (QED) is 0.870. The van der Waals surface area contributed by atoms with Crippen LogP contribution in [0.1, 0.15) is 38.2 Å². The number of carbonyl (C=O) groups excluding carboxylic acids is 1. The highest BCUT2D eigenvalue weighted by Crippen LogP contribution is 2.32. The van der Waals surface area contributed by atoms with Crippen LogP contribution >= 0.6 is 0 Å². The zero-order valence-corrected chi connectivity index (χ0v) is 12.4. The Morgan fingerprint density at radius 1 is 1.10 bits per heavy atom. The first-order valence-corrected chi connectivity index (χ1v) is 6.68. The van der Waals surface area contributed by atoms with Crippen molar-refractivity contribution in [2.75, 3.05) is 0 Å². The Kier molecular flexibility index (Phi) is 3.52. The highest BCUT2D eigenvalue weighted by Gasteiger charge is 2.42. The van der Waals surface area contributed by atoms with E-state index >= 15 is 0 Å². The summed E-state index contributed by atoms with van der Waals surface area (Å²) in [6, 6.07) is 11.4. The van der Waals surface area contributed by atoms with Crippen LogP contribution in [-0.4, -0.2) is 21.1 Å². The average molecular weight is 271 g/mol. The number of rotatable bonds is 4. The molecule has 106 valence electrons. The lowest BCUT2D eigenvalue weighted by Crippen LogP contribution is -2.52. The summed E-state index contributed by atoms with van der Waals surface area (Å²) in [6.45, 7) is 7.48. The molecule has 20 heavy (non-hydrogen) atoms. The van der Waals surface area contributed by atoms with Gasteiger partial charge in [0.25, 0.3) is 0 Å². The summed E-state index contributed by atoms with van der Waals surface area (Å²) in [5.41, 5.74) is 6.28. The maximum atomic E-state index is 12.8. The van der Waals surface area contributed by atoms with Crippen molar-refractivity contribution in [1.29, 1.82) is 0 Å². The van der Waals surface area contributed by atoms with Crippen molar-refractivity contribution in [3.05, 3.63) is 48.3 Å². The molecule has 1 aromatic heterocycles. The van der Waals surface area contributed by atoms with Crippen molar-refractivity contribution in [2.24, 2.45) is 11.1 Å². The van der Waals surface area contributed by atoms with Crippen LogP contribution in [0.5, 0.6) is 0 Å². The molecule has 0 saturated carbocycles. The molecule has 4 nitrogen and oxygen atoms in total. The predicted octanol–water partition coefficient (Wildman–Crippen LogP) is 2.82. The lowest BCUT2D eigenvalue weighted by molar-refractivity contribution is 0.0726. The maximum absolute atomic E-state index is 12.8. The summed E-state index contributed by atoms with van der Waals surface area (Å²) in [6.07, 6.45) is 1.64. The van der Waals surface area contributed by atoms with E-state index in [9.17, 15) is 4.79 Å². The number of Topliss-reactive ketones (excluding diaryl/α,β-unsaturated/α-hetero) is 1. The van der Waals surface area contributed by atoms with Gasteiger partial charge >= 0.3 is 0 Å². The van der Waals surface area contributed by atoms with E-state index in [0.717, 1.165) is 5.69 Å². The number of benzene rings is 1. The Bertz CT molecular complexity index is 606. The van der Waals surface area contributed by atoms with E-state index in [0.29, 0.717) is 5.69 Å². The van der Waals surface area contributed by atoms with Crippen molar-refractivity contribution in [2.45, 2.75) is 33.2 Å². The van der Waals surface area contributed by atoms with E-state index in [1.807, 2.05) is 58.0 Å². The van der Waals surface area contributed by atoms with Gasteiger partial charge in [0.15, 0.2) is 5.78 Å². The number of ketones is 1. The van der Waals surface area contributed by atoms with Crippen LogP contribution in [0.3, 0.4) is 0 Å². The summed E-state index contributed by atoms with van der Waals surface area (Å²) in [5.74, 6) is -0.00801. The minimum atomic E-state index is -0.681. The van der Waals surface area contributed by atoms with Crippen LogP contribution < -0.4 is 5.73 Å². The lowest BCUT2D eigenvalue weighted by atomic mass is 9.71. The summed E-state index contributed by atoms with van der Waals surface area (Å²) in [5, 5.41) is 4.26. The fourth-order valence-corrected chi connectivity index (χ4v) is 1.86. The molecule has 0 atom stereocenters. The highest BCUT2D eigenvalue weighted by atomic mass is 16.1. The number of aromatic nitrogens is 2. The number of hydrogen-bond donors (Lipinski definition) is 1. The van der Waals surface area contributed by atoms with E-state index in [4.69, 9.17) is 5.73 Å². The molecule has 2 rings (SSSR count). The van der Waals surface area contributed by atoms with E-state index < -0.39 is 11.0 Å². The second kappa shape index (κ2) is 4.87. The van der Waals surface area contributed by atoms with Crippen molar-refractivity contribution in [3.8, 4) is 5.69 Å². The van der Waals surface area contributed by atoms with Gasteiger partial charge in [-0.05, 0) is 32.0 Å². The van der Waals surface area contributed by atoms with Gasteiger partial charge in [-0.15, -0.1) is 0 Å². The van der Waals surface area contributed by atoms with Gasteiger partial charge in [0, 0.05) is 11.0 Å². The van der Waals surface area contributed by atoms with Crippen LogP contribution in [0.4, 0.5) is 0 Å². The Hall–Kier alpha value is -1.94. The molecule has 1 heterocycles. The monoisotopic (exact) mass is 271 g/mol. The van der Waals surface area contributed by atoms with E-state index in [1.54, 1.807) is 16.9 Å². The molecule has 1 aromatic carbocycles. The Morgan fingerprint density at radius 2 is 1.70 bits per heavy atom. The second-order valence-electron chi connectivity index (χ2n) is 6.14. The molecule has 0 aliphatic heterocycles. The summed E-state index contributed by atoms with van der Waals surface area (Å²) >= 11 is 0. The van der Waals surface area contributed by atoms with Crippen molar-refractivity contribution < 1.29 is 4.79 Å². The van der Waals surface area contributed by atoms with E-state index in [2.05, 4.69) is 5.10 Å². The highest BCUT2D eigenvalue weighted by molar-refractivity contribution is 6.00. The third-order valence-corrected chi connectivity index (χ3v) is 4.05. The molecule has 0 spiro atoms. The van der Waals surface area contributed by atoms with Crippen molar-refractivity contribution in [3.63, 3.8) is 0 Å². The fourth-order valence-electron chi connectivity index (χ4n) is 1.86. The number of nitrogens with zero attached hydrogens (tertiary/aromatic N) is 2. The van der Waals surface area contributed by atoms with E-state index in [1.165, 1.54) is 0 Å². The molecule has 0 radical (unpaired) electrons. The fraction of sp³-hybridized carbons (Fsp3) is 0.375. The van der Waals surface area contributed by atoms with Crippen LogP contribution in [0, 0.1) is 5.41 Å². The third-order valence-electron chi connectivity index (χ3n) is 4.05. The van der Waals surface area contributed by atoms with Gasteiger partial charge < -0.3 is 5.73 Å². The Morgan fingerprint density at radius 3 is 2.25 bits per heavy atom. The van der Waals surface area contributed by atoms with Gasteiger partial charge in [-0.25, -0.2) is 4.68 Å². The van der Waals surface area contributed by atoms with Crippen LogP contribution in [0.25, 0.3) is 5.69 Å². The van der Waals surface area contributed by atoms with E-state index in [-0.39, 0.29) is 5.78 Å². The average Bonchev–Trinajstić information content (AvgIpc) is 2.86. The second-order valence-corrected chi connectivity index (χ2v) is 6.14. The molecule has 0 bridgehead atoms. The molecule has 4 heteroatoms. The first-order chi connectivity index (χ1) is 9.25. The zero-order valence-electron chi connectivity index (χ0n) is 12.4. The predicted molar refractivity (Wildman–Crippen MR) is 79.9 cm³/mol. The van der Waals surface area contributed by atoms with Crippen LogP contribution in [0.15, 0.2) is 42.6 Å². The Balaban J connectivity index is 2.46. The Labute approximate surface area is 119 Å². The smallest absolute Gasteiger partial charge is 0.188 e. The molecule has 0 fully saturated rings. The summed E-state index contributed by atoms with van der Waals surface area (Å²) < 4.78 is 1.66. The van der Waals surface area contributed by atoms with Gasteiger partial charge in [-0.2, -0.15) is 5.10 Å². The van der Waals surface area contributed by atoms with Gasteiger partial charge in [0.05, 0.1) is 11.9 Å². The molecule has 0 aliphatic rings. The molecular weight excluding hydrogens is 250 g/mol. The van der Waals surface area contributed by atoms with Gasteiger partial charge in [-0.1, -0.05) is 32.0 Å². The number of para-hydroxylation sites is 1. The van der Waals surface area contributed by atoms with Crippen LogP contribution in [0.2, 0.25) is 0 Å². The molecule has 2 aromatic rings. The standard InChI is InChI=1S/C16H21N3O/c1-15(2,16(3,4)17)14(20)13-10-11-18-19(13)12-8-6-5-7-9-12/h5-11H,17H2,1-4H3. The first kappa shape index (κ1) is 14.5.